The topological polar surface area (TPSA) is 105 Å². The van der Waals surface area contributed by atoms with Gasteiger partial charge in [0.25, 0.3) is 5.91 Å². The van der Waals surface area contributed by atoms with Gasteiger partial charge in [0.2, 0.25) is 10.0 Å². The van der Waals surface area contributed by atoms with Gasteiger partial charge < -0.3 is 9.84 Å². The highest BCUT2D eigenvalue weighted by atomic mass is 32.2. The van der Waals surface area contributed by atoms with Crippen LogP contribution in [-0.4, -0.2) is 48.5 Å². The fraction of sp³-hybridized carbons (Fsp3) is 0.348. The number of benzene rings is 2. The monoisotopic (exact) mass is 478 g/mol. The molecule has 2 aromatic rings. The van der Waals surface area contributed by atoms with Crippen molar-refractivity contribution in [2.45, 2.75) is 42.9 Å². The van der Waals surface area contributed by atoms with Gasteiger partial charge in [-0.3, -0.25) is 9.63 Å². The van der Waals surface area contributed by atoms with Crippen molar-refractivity contribution in [3.05, 3.63) is 72.6 Å². The quantitative estimate of drug-likeness (QED) is 0.326. The standard InChI is InChI=1S/C23H27FN2O6S/c1-3-15-32-25-22(27)21-23(2,28)13-4-14-26(21)33(29,30)20-11-9-19(10-12-20)31-16-17-5-7-18(24)8-6-17/h3,5-12,21,28H,1,4,13-16H2,2H3,(H,25,27)/t21-,23-/m0/s1. The van der Waals surface area contributed by atoms with E-state index in [1.165, 1.54) is 49.4 Å². The molecule has 10 heteroatoms. The molecule has 1 amide bonds. The average molecular weight is 479 g/mol. The summed E-state index contributed by atoms with van der Waals surface area (Å²) >= 11 is 0. The first-order valence-corrected chi connectivity index (χ1v) is 11.8. The number of piperidine rings is 1. The van der Waals surface area contributed by atoms with Gasteiger partial charge in [-0.15, -0.1) is 6.58 Å². The van der Waals surface area contributed by atoms with Crippen LogP contribution >= 0.6 is 0 Å². The van der Waals surface area contributed by atoms with Crippen LogP contribution in [0.4, 0.5) is 4.39 Å². The largest absolute Gasteiger partial charge is 0.489 e. The molecule has 33 heavy (non-hydrogen) atoms. The summed E-state index contributed by atoms with van der Waals surface area (Å²) in [6, 6.07) is 10.2. The zero-order valence-electron chi connectivity index (χ0n) is 18.2. The van der Waals surface area contributed by atoms with Crippen LogP contribution in [0.25, 0.3) is 0 Å². The minimum atomic E-state index is -4.11. The van der Waals surface area contributed by atoms with E-state index in [9.17, 15) is 22.7 Å². The van der Waals surface area contributed by atoms with E-state index in [4.69, 9.17) is 9.57 Å². The van der Waals surface area contributed by atoms with Crippen molar-refractivity contribution < 1.29 is 32.3 Å². The SMILES string of the molecule is C=CCONC(=O)[C@@H]1N(S(=O)(=O)c2ccc(OCc3ccc(F)cc3)cc2)CCC[C@]1(C)O. The number of hydrogen-bond donors (Lipinski definition) is 2. The highest BCUT2D eigenvalue weighted by molar-refractivity contribution is 7.89. The molecule has 1 aliphatic heterocycles. The Morgan fingerprint density at radius 1 is 1.27 bits per heavy atom. The number of aliphatic hydroxyl groups is 1. The number of carbonyl (C=O) groups excluding carboxylic acids is 1. The molecule has 0 bridgehead atoms. The van der Waals surface area contributed by atoms with Gasteiger partial charge in [-0.2, -0.15) is 4.31 Å². The minimum absolute atomic E-state index is 0.0345. The average Bonchev–Trinajstić information content (AvgIpc) is 2.78. The summed E-state index contributed by atoms with van der Waals surface area (Å²) < 4.78 is 46.3. The number of carbonyl (C=O) groups is 1. The van der Waals surface area contributed by atoms with E-state index in [2.05, 4.69) is 12.1 Å². The van der Waals surface area contributed by atoms with Gasteiger partial charge in [-0.25, -0.2) is 18.3 Å². The zero-order chi connectivity index (χ0) is 24.1. The predicted octanol–water partition coefficient (Wildman–Crippen LogP) is 2.54. The van der Waals surface area contributed by atoms with Crippen LogP contribution < -0.4 is 10.2 Å². The van der Waals surface area contributed by atoms with E-state index >= 15 is 0 Å². The second-order valence-electron chi connectivity index (χ2n) is 7.93. The second-order valence-corrected chi connectivity index (χ2v) is 9.82. The van der Waals surface area contributed by atoms with Crippen molar-refractivity contribution in [3.8, 4) is 5.75 Å². The number of amides is 1. The van der Waals surface area contributed by atoms with Crippen LogP contribution in [0.15, 0.2) is 66.1 Å². The van der Waals surface area contributed by atoms with Crippen LogP contribution in [0.5, 0.6) is 5.75 Å². The molecule has 0 aliphatic carbocycles. The van der Waals surface area contributed by atoms with Crippen molar-refractivity contribution >= 4 is 15.9 Å². The summed E-state index contributed by atoms with van der Waals surface area (Å²) in [6.07, 6.45) is 2.07. The van der Waals surface area contributed by atoms with Crippen LogP contribution in [0.1, 0.15) is 25.3 Å². The summed E-state index contributed by atoms with van der Waals surface area (Å²) in [6.45, 7) is 5.20. The first-order chi connectivity index (χ1) is 15.6. The van der Waals surface area contributed by atoms with E-state index in [1.807, 2.05) is 0 Å². The lowest BCUT2D eigenvalue weighted by Crippen LogP contribution is -2.63. The summed E-state index contributed by atoms with van der Waals surface area (Å²) in [7, 11) is -4.11. The lowest BCUT2D eigenvalue weighted by atomic mass is 9.87. The van der Waals surface area contributed by atoms with Gasteiger partial charge >= 0.3 is 0 Å². The summed E-state index contributed by atoms with van der Waals surface area (Å²) in [5, 5.41) is 10.8. The number of halogens is 1. The molecule has 1 heterocycles. The molecule has 0 spiro atoms. The number of nitrogens with zero attached hydrogens (tertiary/aromatic N) is 1. The maximum Gasteiger partial charge on any atom is 0.264 e. The van der Waals surface area contributed by atoms with Crippen LogP contribution in [0.2, 0.25) is 0 Å². The van der Waals surface area contributed by atoms with Crippen molar-refractivity contribution in [2.24, 2.45) is 0 Å². The highest BCUT2D eigenvalue weighted by Crippen LogP contribution is 2.33. The van der Waals surface area contributed by atoms with Gasteiger partial charge in [0.05, 0.1) is 17.1 Å². The molecule has 1 fully saturated rings. The van der Waals surface area contributed by atoms with Crippen molar-refractivity contribution in [2.75, 3.05) is 13.2 Å². The van der Waals surface area contributed by atoms with E-state index in [0.717, 1.165) is 9.87 Å². The van der Waals surface area contributed by atoms with E-state index in [0.29, 0.717) is 12.2 Å². The Labute approximate surface area is 192 Å². The first-order valence-electron chi connectivity index (χ1n) is 10.4. The summed E-state index contributed by atoms with van der Waals surface area (Å²) in [5.74, 6) is -0.676. The molecular weight excluding hydrogens is 451 g/mol. The third kappa shape index (κ3) is 5.97. The molecule has 2 aromatic carbocycles. The zero-order valence-corrected chi connectivity index (χ0v) is 19.1. The van der Waals surface area contributed by atoms with Gasteiger partial charge in [-0.1, -0.05) is 18.2 Å². The molecule has 1 saturated heterocycles. The first kappa shape index (κ1) is 24.8. The van der Waals surface area contributed by atoms with Gasteiger partial charge in [-0.05, 0) is 61.7 Å². The van der Waals surface area contributed by atoms with Crippen LogP contribution in [-0.2, 0) is 26.3 Å². The molecule has 0 radical (unpaired) electrons. The molecule has 8 nitrogen and oxygen atoms in total. The second kappa shape index (κ2) is 10.4. The Kier molecular flexibility index (Phi) is 7.85. The summed E-state index contributed by atoms with van der Waals surface area (Å²) in [5.41, 5.74) is 1.37. The fourth-order valence-electron chi connectivity index (χ4n) is 3.66. The Balaban J connectivity index is 1.76. The molecule has 0 unspecified atom stereocenters. The number of ether oxygens (including phenoxy) is 1. The third-order valence-electron chi connectivity index (χ3n) is 5.31. The predicted molar refractivity (Wildman–Crippen MR) is 119 cm³/mol. The van der Waals surface area contributed by atoms with Crippen molar-refractivity contribution in [3.63, 3.8) is 0 Å². The van der Waals surface area contributed by atoms with Crippen LogP contribution in [0.3, 0.4) is 0 Å². The Hall–Kier alpha value is -2.79. The molecule has 2 N–H and O–H groups in total. The van der Waals surface area contributed by atoms with E-state index < -0.39 is 27.6 Å². The highest BCUT2D eigenvalue weighted by Gasteiger charge is 2.49. The lowest BCUT2D eigenvalue weighted by molar-refractivity contribution is -0.148. The van der Waals surface area contributed by atoms with Gasteiger partial charge in [0, 0.05) is 6.54 Å². The number of hydrogen-bond acceptors (Lipinski definition) is 6. The normalized spacial score (nSPS) is 21.4. The Bertz CT molecular complexity index is 1070. The third-order valence-corrected chi connectivity index (χ3v) is 7.19. The van der Waals surface area contributed by atoms with Gasteiger partial charge in [0.15, 0.2) is 0 Å². The van der Waals surface area contributed by atoms with Gasteiger partial charge in [0.1, 0.15) is 24.2 Å². The van der Waals surface area contributed by atoms with E-state index in [-0.39, 0.29) is 36.9 Å². The Morgan fingerprint density at radius 3 is 2.58 bits per heavy atom. The molecular formula is C23H27FN2O6S. The maximum atomic E-state index is 13.3. The van der Waals surface area contributed by atoms with Crippen molar-refractivity contribution in [1.82, 2.24) is 9.79 Å². The molecule has 1 aliphatic rings. The van der Waals surface area contributed by atoms with E-state index in [1.54, 1.807) is 12.1 Å². The number of rotatable bonds is 9. The number of sulfonamides is 1. The smallest absolute Gasteiger partial charge is 0.264 e. The fourth-order valence-corrected chi connectivity index (χ4v) is 5.38. The maximum absolute atomic E-state index is 13.3. The molecule has 3 rings (SSSR count). The molecule has 0 saturated carbocycles. The molecule has 178 valence electrons. The minimum Gasteiger partial charge on any atom is -0.489 e. The number of nitrogens with one attached hydrogen (secondary N) is 1. The lowest BCUT2D eigenvalue weighted by Gasteiger charge is -2.42. The molecule has 2 atom stereocenters. The summed E-state index contributed by atoms with van der Waals surface area (Å²) in [4.78, 5) is 17.6. The Morgan fingerprint density at radius 2 is 1.94 bits per heavy atom. The van der Waals surface area contributed by atoms with Crippen molar-refractivity contribution in [1.29, 1.82) is 0 Å². The molecule has 0 aromatic heterocycles. The number of hydroxylamine groups is 1. The van der Waals surface area contributed by atoms with Crippen LogP contribution in [0, 0.1) is 5.82 Å².